The van der Waals surface area contributed by atoms with Gasteiger partial charge in [-0.2, -0.15) is 5.26 Å². The van der Waals surface area contributed by atoms with Crippen molar-refractivity contribution < 1.29 is 0 Å². The van der Waals surface area contributed by atoms with Crippen molar-refractivity contribution in [2.75, 3.05) is 0 Å². The first-order valence-corrected chi connectivity index (χ1v) is 4.90. The van der Waals surface area contributed by atoms with Crippen LogP contribution in [0.1, 0.15) is 38.2 Å². The second-order valence-electron chi connectivity index (χ2n) is 3.61. The van der Waals surface area contributed by atoms with E-state index in [0.29, 0.717) is 5.82 Å². The highest BCUT2D eigenvalue weighted by Gasteiger charge is 2.17. The van der Waals surface area contributed by atoms with Crippen LogP contribution in [-0.2, 0) is 6.42 Å². The Morgan fingerprint density at radius 1 is 1.50 bits per heavy atom. The van der Waals surface area contributed by atoms with E-state index in [0.717, 1.165) is 12.1 Å². The van der Waals surface area contributed by atoms with Crippen LogP contribution in [0.15, 0.2) is 12.3 Å². The standard InChI is InChI=1S/C11H15N3/c1-4-9-5-6-13-11(14-9)10(7-12)8(2)3/h5-6,8,10H,4H2,1-3H3. The topological polar surface area (TPSA) is 49.6 Å². The molecule has 0 aliphatic carbocycles. The van der Waals surface area contributed by atoms with E-state index in [9.17, 15) is 0 Å². The summed E-state index contributed by atoms with van der Waals surface area (Å²) in [6.45, 7) is 6.06. The molecule has 0 spiro atoms. The first-order valence-electron chi connectivity index (χ1n) is 4.90. The zero-order valence-electron chi connectivity index (χ0n) is 8.86. The molecule has 0 radical (unpaired) electrons. The van der Waals surface area contributed by atoms with Gasteiger partial charge in [-0.05, 0) is 18.4 Å². The lowest BCUT2D eigenvalue weighted by Gasteiger charge is -2.11. The van der Waals surface area contributed by atoms with E-state index in [-0.39, 0.29) is 11.8 Å². The molecule has 74 valence electrons. The quantitative estimate of drug-likeness (QED) is 0.733. The van der Waals surface area contributed by atoms with Gasteiger partial charge >= 0.3 is 0 Å². The fraction of sp³-hybridized carbons (Fsp3) is 0.545. The number of hydrogen-bond acceptors (Lipinski definition) is 3. The van der Waals surface area contributed by atoms with Gasteiger partial charge in [-0.3, -0.25) is 0 Å². The summed E-state index contributed by atoms with van der Waals surface area (Å²) >= 11 is 0. The molecule has 0 bridgehead atoms. The lowest BCUT2D eigenvalue weighted by molar-refractivity contribution is 0.559. The third-order valence-electron chi connectivity index (χ3n) is 2.18. The van der Waals surface area contributed by atoms with E-state index in [1.807, 2.05) is 26.8 Å². The Morgan fingerprint density at radius 2 is 2.21 bits per heavy atom. The van der Waals surface area contributed by atoms with Crippen LogP contribution < -0.4 is 0 Å². The van der Waals surface area contributed by atoms with Crippen molar-refractivity contribution in [1.82, 2.24) is 9.97 Å². The maximum absolute atomic E-state index is 8.98. The smallest absolute Gasteiger partial charge is 0.145 e. The Kier molecular flexibility index (Phi) is 3.58. The Balaban J connectivity index is 3.00. The molecule has 1 aromatic rings. The predicted octanol–water partition coefficient (Wildman–Crippen LogP) is 2.30. The van der Waals surface area contributed by atoms with E-state index in [1.165, 1.54) is 0 Å². The zero-order chi connectivity index (χ0) is 10.6. The molecule has 0 N–H and O–H groups in total. The monoisotopic (exact) mass is 189 g/mol. The molecule has 1 aromatic heterocycles. The number of aromatic nitrogens is 2. The minimum atomic E-state index is -0.193. The molecular formula is C11H15N3. The molecule has 0 aliphatic heterocycles. The molecule has 0 amide bonds. The van der Waals surface area contributed by atoms with Crippen LogP contribution in [0.2, 0.25) is 0 Å². The lowest BCUT2D eigenvalue weighted by atomic mass is 9.96. The molecule has 1 rings (SSSR count). The van der Waals surface area contributed by atoms with Crippen molar-refractivity contribution in [1.29, 1.82) is 5.26 Å². The minimum absolute atomic E-state index is 0.193. The average Bonchev–Trinajstić information content (AvgIpc) is 2.19. The van der Waals surface area contributed by atoms with Crippen LogP contribution in [0.5, 0.6) is 0 Å². The molecule has 0 aliphatic rings. The van der Waals surface area contributed by atoms with Gasteiger partial charge in [0.15, 0.2) is 0 Å². The van der Waals surface area contributed by atoms with Crippen molar-refractivity contribution in [3.63, 3.8) is 0 Å². The highest BCUT2D eigenvalue weighted by Crippen LogP contribution is 2.19. The van der Waals surface area contributed by atoms with Crippen LogP contribution in [0, 0.1) is 17.2 Å². The molecule has 3 heteroatoms. The highest BCUT2D eigenvalue weighted by atomic mass is 14.9. The molecule has 3 nitrogen and oxygen atoms in total. The van der Waals surface area contributed by atoms with Gasteiger partial charge < -0.3 is 0 Å². The lowest BCUT2D eigenvalue weighted by Crippen LogP contribution is -2.09. The summed E-state index contributed by atoms with van der Waals surface area (Å²) in [5.74, 6) is 0.718. The van der Waals surface area contributed by atoms with Crippen molar-refractivity contribution in [3.05, 3.63) is 23.8 Å². The van der Waals surface area contributed by atoms with Gasteiger partial charge in [0.25, 0.3) is 0 Å². The van der Waals surface area contributed by atoms with Gasteiger partial charge in [-0.15, -0.1) is 0 Å². The summed E-state index contributed by atoms with van der Waals surface area (Å²) in [7, 11) is 0. The summed E-state index contributed by atoms with van der Waals surface area (Å²) in [5, 5.41) is 8.98. The Hall–Kier alpha value is -1.43. The van der Waals surface area contributed by atoms with Crippen LogP contribution in [0.25, 0.3) is 0 Å². The number of rotatable bonds is 3. The van der Waals surface area contributed by atoms with E-state index in [2.05, 4.69) is 16.0 Å². The van der Waals surface area contributed by atoms with Gasteiger partial charge in [0, 0.05) is 11.9 Å². The Labute approximate surface area is 84.8 Å². The van der Waals surface area contributed by atoms with E-state index >= 15 is 0 Å². The summed E-state index contributed by atoms with van der Waals surface area (Å²) in [5.41, 5.74) is 0.996. The van der Waals surface area contributed by atoms with Crippen molar-refractivity contribution in [2.24, 2.45) is 5.92 Å². The highest BCUT2D eigenvalue weighted by molar-refractivity contribution is 5.12. The number of aryl methyl sites for hydroxylation is 1. The molecule has 14 heavy (non-hydrogen) atoms. The van der Waals surface area contributed by atoms with Gasteiger partial charge in [0.1, 0.15) is 11.7 Å². The number of hydrogen-bond donors (Lipinski definition) is 0. The Bertz CT molecular complexity index is 339. The second kappa shape index (κ2) is 4.71. The van der Waals surface area contributed by atoms with Gasteiger partial charge in [0.2, 0.25) is 0 Å². The maximum atomic E-state index is 8.98. The maximum Gasteiger partial charge on any atom is 0.145 e. The van der Waals surface area contributed by atoms with Crippen molar-refractivity contribution in [2.45, 2.75) is 33.1 Å². The van der Waals surface area contributed by atoms with Crippen LogP contribution in [0.3, 0.4) is 0 Å². The first-order chi connectivity index (χ1) is 6.69. The fourth-order valence-corrected chi connectivity index (χ4v) is 1.26. The van der Waals surface area contributed by atoms with Crippen molar-refractivity contribution in [3.8, 4) is 6.07 Å². The molecular weight excluding hydrogens is 174 g/mol. The van der Waals surface area contributed by atoms with Crippen LogP contribution >= 0.6 is 0 Å². The van der Waals surface area contributed by atoms with E-state index < -0.39 is 0 Å². The van der Waals surface area contributed by atoms with E-state index in [1.54, 1.807) is 6.20 Å². The molecule has 0 aromatic carbocycles. The molecule has 0 saturated carbocycles. The molecule has 0 fully saturated rings. The third-order valence-corrected chi connectivity index (χ3v) is 2.18. The summed E-state index contributed by atoms with van der Waals surface area (Å²) in [6, 6.07) is 4.13. The summed E-state index contributed by atoms with van der Waals surface area (Å²) < 4.78 is 0. The summed E-state index contributed by atoms with van der Waals surface area (Å²) in [4.78, 5) is 8.50. The zero-order valence-corrected chi connectivity index (χ0v) is 8.86. The average molecular weight is 189 g/mol. The predicted molar refractivity (Wildman–Crippen MR) is 54.6 cm³/mol. The number of nitriles is 1. The van der Waals surface area contributed by atoms with Gasteiger partial charge in [-0.25, -0.2) is 9.97 Å². The SMILES string of the molecule is CCc1ccnc(C(C#N)C(C)C)n1. The molecule has 1 heterocycles. The second-order valence-corrected chi connectivity index (χ2v) is 3.61. The minimum Gasteiger partial charge on any atom is -0.240 e. The molecule has 1 unspecified atom stereocenters. The number of nitrogens with zero attached hydrogens (tertiary/aromatic N) is 3. The molecule has 0 saturated heterocycles. The van der Waals surface area contributed by atoms with Crippen molar-refractivity contribution >= 4 is 0 Å². The van der Waals surface area contributed by atoms with Gasteiger partial charge in [-0.1, -0.05) is 20.8 Å². The molecule has 1 atom stereocenters. The summed E-state index contributed by atoms with van der Waals surface area (Å²) in [6.07, 6.45) is 2.61. The van der Waals surface area contributed by atoms with Gasteiger partial charge in [0.05, 0.1) is 6.07 Å². The van der Waals surface area contributed by atoms with Crippen LogP contribution in [0.4, 0.5) is 0 Å². The first kappa shape index (κ1) is 10.6. The van der Waals surface area contributed by atoms with Crippen LogP contribution in [-0.4, -0.2) is 9.97 Å². The third kappa shape index (κ3) is 2.29. The van der Waals surface area contributed by atoms with E-state index in [4.69, 9.17) is 5.26 Å². The normalized spacial score (nSPS) is 12.5. The largest absolute Gasteiger partial charge is 0.240 e. The fourth-order valence-electron chi connectivity index (χ4n) is 1.26. The Morgan fingerprint density at radius 3 is 2.71 bits per heavy atom.